The number of rotatable bonds is 11. The van der Waals surface area contributed by atoms with Crippen LogP contribution in [-0.2, 0) is 48.8 Å². The van der Waals surface area contributed by atoms with E-state index in [2.05, 4.69) is 16.4 Å². The Morgan fingerprint density at radius 1 is 1.32 bits per heavy atom. The Balaban J connectivity index is 1.29. The van der Waals surface area contributed by atoms with Gasteiger partial charge in [-0.05, 0) is 55.7 Å². The molecule has 0 saturated heterocycles. The number of carbonyl (C=O) groups excluding carboxylic acids is 2. The average Bonchev–Trinajstić information content (AvgIpc) is 3.47. The summed E-state index contributed by atoms with van der Waals surface area (Å²) in [5.41, 5.74) is 2.75. The van der Waals surface area contributed by atoms with E-state index in [0.29, 0.717) is 38.2 Å². The quantitative estimate of drug-likeness (QED) is 0.398. The first kappa shape index (κ1) is 26.4. The van der Waals surface area contributed by atoms with Crippen molar-refractivity contribution in [2.75, 3.05) is 13.2 Å². The van der Waals surface area contributed by atoms with Gasteiger partial charge >= 0.3 is 6.09 Å². The molecule has 1 amide bonds. The van der Waals surface area contributed by atoms with Crippen LogP contribution in [-0.4, -0.2) is 34.6 Å². The van der Waals surface area contributed by atoms with Crippen molar-refractivity contribution >= 4 is 23.2 Å². The van der Waals surface area contributed by atoms with Crippen LogP contribution in [0.2, 0.25) is 0 Å². The number of alkyl carbamates (subject to hydrolysis) is 1. The zero-order valence-electron chi connectivity index (χ0n) is 21.3. The van der Waals surface area contributed by atoms with Gasteiger partial charge in [0.25, 0.3) is 0 Å². The van der Waals surface area contributed by atoms with Crippen molar-refractivity contribution in [3.8, 4) is 11.8 Å². The second-order valence-electron chi connectivity index (χ2n) is 9.19. The number of fused-ring (bicyclic) bond motifs is 1. The molecule has 1 atom stereocenters. The third kappa shape index (κ3) is 6.77. The maximum absolute atomic E-state index is 12.8. The molecule has 0 aliphatic heterocycles. The third-order valence-electron chi connectivity index (χ3n) is 6.62. The number of hydrogen-bond donors (Lipinski definition) is 1. The van der Waals surface area contributed by atoms with Crippen molar-refractivity contribution in [3.05, 3.63) is 68.9 Å². The van der Waals surface area contributed by atoms with Crippen LogP contribution in [0.4, 0.5) is 4.79 Å². The van der Waals surface area contributed by atoms with Gasteiger partial charge in [0.05, 0.1) is 25.3 Å². The predicted molar refractivity (Wildman–Crippen MR) is 141 cm³/mol. The molecule has 37 heavy (non-hydrogen) atoms. The van der Waals surface area contributed by atoms with E-state index in [-0.39, 0.29) is 18.1 Å². The zero-order valence-corrected chi connectivity index (χ0v) is 22.1. The third-order valence-corrected chi connectivity index (χ3v) is 7.87. The van der Waals surface area contributed by atoms with Gasteiger partial charge in [0.2, 0.25) is 0 Å². The molecule has 9 heteroatoms. The number of hydrogen-bond acceptors (Lipinski definition) is 7. The van der Waals surface area contributed by atoms with E-state index in [9.17, 15) is 14.9 Å². The Kier molecular flexibility index (Phi) is 8.96. The normalized spacial score (nSPS) is 14.5. The first-order valence-electron chi connectivity index (χ1n) is 12.6. The number of Topliss-reactive ketones (excluding diaryl/α,β-unsaturated/α-hetero) is 1. The summed E-state index contributed by atoms with van der Waals surface area (Å²) in [7, 11) is 1.87. The standard InChI is InChI=1S/C28H32N4O4S/c1-3-35-24-7-5-4-6-20(24)9-10-21(33)15-26-23(16-29)22-11-8-19(14-25(22)37-26)18-36-28(34)31-17-27-30-12-13-32(27)2/h4-7,12-13,19H,3,8-11,14-15,17-18H2,1-2H3,(H,31,34). The number of nitrogens with zero attached hydrogens (tertiary/aromatic N) is 3. The van der Waals surface area contributed by atoms with Gasteiger partial charge in [0.1, 0.15) is 23.4 Å². The molecule has 8 nitrogen and oxygen atoms in total. The fourth-order valence-corrected chi connectivity index (χ4v) is 6.07. The van der Waals surface area contributed by atoms with Crippen molar-refractivity contribution in [2.24, 2.45) is 13.0 Å². The highest BCUT2D eigenvalue weighted by atomic mass is 32.1. The summed E-state index contributed by atoms with van der Waals surface area (Å²) in [6.07, 6.45) is 6.68. The Bertz CT molecular complexity index is 1290. The molecule has 0 spiro atoms. The largest absolute Gasteiger partial charge is 0.494 e. The molecule has 1 aliphatic rings. The van der Waals surface area contributed by atoms with Crippen LogP contribution >= 0.6 is 11.3 Å². The number of benzene rings is 1. The lowest BCUT2D eigenvalue weighted by Crippen LogP contribution is -2.28. The minimum Gasteiger partial charge on any atom is -0.494 e. The molecule has 2 heterocycles. The number of carbonyl (C=O) groups is 2. The molecular weight excluding hydrogens is 488 g/mol. The number of imidazole rings is 1. The van der Waals surface area contributed by atoms with E-state index in [0.717, 1.165) is 51.7 Å². The lowest BCUT2D eigenvalue weighted by Gasteiger charge is -2.22. The van der Waals surface area contributed by atoms with Gasteiger partial charge in [-0.25, -0.2) is 9.78 Å². The van der Waals surface area contributed by atoms with Crippen LogP contribution in [0.3, 0.4) is 0 Å². The first-order chi connectivity index (χ1) is 18.0. The van der Waals surface area contributed by atoms with Crippen LogP contribution in [0.15, 0.2) is 36.7 Å². The fraction of sp³-hybridized carbons (Fsp3) is 0.429. The van der Waals surface area contributed by atoms with Crippen molar-refractivity contribution in [2.45, 2.75) is 52.0 Å². The predicted octanol–water partition coefficient (Wildman–Crippen LogP) is 4.53. The number of para-hydroxylation sites is 1. The Labute approximate surface area is 221 Å². The number of aromatic nitrogens is 2. The molecule has 1 aliphatic carbocycles. The highest BCUT2D eigenvalue weighted by molar-refractivity contribution is 7.12. The van der Waals surface area contributed by atoms with Gasteiger partial charge in [0, 0.05) is 42.0 Å². The van der Waals surface area contributed by atoms with E-state index < -0.39 is 6.09 Å². The summed E-state index contributed by atoms with van der Waals surface area (Å²) >= 11 is 1.56. The van der Waals surface area contributed by atoms with E-state index >= 15 is 0 Å². The van der Waals surface area contributed by atoms with Gasteiger partial charge in [-0.15, -0.1) is 11.3 Å². The molecule has 0 bridgehead atoms. The monoisotopic (exact) mass is 520 g/mol. The molecule has 1 N–H and O–H groups in total. The molecule has 0 fully saturated rings. The first-order valence-corrected chi connectivity index (χ1v) is 13.4. The maximum Gasteiger partial charge on any atom is 0.407 e. The summed E-state index contributed by atoms with van der Waals surface area (Å²) < 4.78 is 13.0. The smallest absolute Gasteiger partial charge is 0.407 e. The van der Waals surface area contributed by atoms with Gasteiger partial charge in [-0.2, -0.15) is 5.26 Å². The van der Waals surface area contributed by atoms with E-state index in [1.807, 2.05) is 49.0 Å². The highest BCUT2D eigenvalue weighted by Gasteiger charge is 2.27. The van der Waals surface area contributed by atoms with Crippen LogP contribution in [0.1, 0.15) is 52.0 Å². The number of ether oxygens (including phenoxy) is 2. The minimum atomic E-state index is -0.463. The topological polar surface area (TPSA) is 106 Å². The molecule has 3 aromatic rings. The van der Waals surface area contributed by atoms with Gasteiger partial charge in [0.15, 0.2) is 0 Å². The number of nitrogens with one attached hydrogen (secondary N) is 1. The van der Waals surface area contributed by atoms with Crippen molar-refractivity contribution in [3.63, 3.8) is 0 Å². The lowest BCUT2D eigenvalue weighted by molar-refractivity contribution is -0.118. The summed E-state index contributed by atoms with van der Waals surface area (Å²) in [5.74, 6) is 1.88. The van der Waals surface area contributed by atoms with E-state index in [4.69, 9.17) is 9.47 Å². The molecule has 1 aromatic carbocycles. The fourth-order valence-electron chi connectivity index (χ4n) is 4.62. The summed E-state index contributed by atoms with van der Waals surface area (Å²) in [5, 5.41) is 12.6. The molecule has 2 aromatic heterocycles. The summed E-state index contributed by atoms with van der Waals surface area (Å²) in [6.45, 7) is 3.15. The van der Waals surface area contributed by atoms with Crippen molar-refractivity contribution in [1.82, 2.24) is 14.9 Å². The van der Waals surface area contributed by atoms with Crippen LogP contribution < -0.4 is 10.1 Å². The average molecular weight is 521 g/mol. The summed E-state index contributed by atoms with van der Waals surface area (Å²) in [4.78, 5) is 31.1. The number of nitriles is 1. The Morgan fingerprint density at radius 2 is 2.16 bits per heavy atom. The van der Waals surface area contributed by atoms with E-state index in [1.54, 1.807) is 17.5 Å². The molecule has 0 saturated carbocycles. The van der Waals surface area contributed by atoms with Crippen molar-refractivity contribution < 1.29 is 19.1 Å². The Hall–Kier alpha value is -3.64. The molecule has 4 rings (SSSR count). The minimum absolute atomic E-state index is 0.116. The van der Waals surface area contributed by atoms with Crippen molar-refractivity contribution in [1.29, 1.82) is 5.26 Å². The van der Waals surface area contributed by atoms with Gasteiger partial charge in [-0.1, -0.05) is 18.2 Å². The second kappa shape index (κ2) is 12.5. The van der Waals surface area contributed by atoms with Crippen LogP contribution in [0.25, 0.3) is 0 Å². The summed E-state index contributed by atoms with van der Waals surface area (Å²) in [6, 6.07) is 10.1. The van der Waals surface area contributed by atoms with Crippen LogP contribution in [0.5, 0.6) is 5.75 Å². The van der Waals surface area contributed by atoms with Crippen LogP contribution in [0, 0.1) is 17.2 Å². The Morgan fingerprint density at radius 3 is 2.92 bits per heavy atom. The highest BCUT2D eigenvalue weighted by Crippen LogP contribution is 2.37. The van der Waals surface area contributed by atoms with Gasteiger partial charge in [-0.3, -0.25) is 4.79 Å². The van der Waals surface area contributed by atoms with E-state index in [1.165, 1.54) is 0 Å². The number of thiophene rings is 1. The molecule has 0 radical (unpaired) electrons. The van der Waals surface area contributed by atoms with Gasteiger partial charge < -0.3 is 19.4 Å². The SMILES string of the molecule is CCOc1ccccc1CCC(=O)Cc1sc2c(c1C#N)CCC(COC(=O)NCc1nccn1C)C2. The second-order valence-corrected chi connectivity index (χ2v) is 10.4. The maximum atomic E-state index is 12.8. The molecule has 194 valence electrons. The zero-order chi connectivity index (χ0) is 26.2. The molecule has 1 unspecified atom stereocenters. The number of ketones is 1. The number of amides is 1. The number of aryl methyl sites for hydroxylation is 2. The molecular formula is C28H32N4O4S. The lowest BCUT2D eigenvalue weighted by atomic mass is 9.87.